The Hall–Kier alpha value is -3.10. The highest BCUT2D eigenvalue weighted by Crippen LogP contribution is 2.46. The van der Waals surface area contributed by atoms with Crippen LogP contribution in [-0.2, 0) is 10.2 Å². The van der Waals surface area contributed by atoms with Crippen molar-refractivity contribution in [2.45, 2.75) is 11.8 Å². The number of hydrogen-bond acceptors (Lipinski definition) is 5. The molecular formula is C21H18ClFN4O3. The lowest BCUT2D eigenvalue weighted by Crippen LogP contribution is -2.47. The Balaban J connectivity index is 1.75. The molecule has 0 unspecified atom stereocenters. The number of fused-ring (bicyclic) bond motifs is 2. The first-order valence-corrected chi connectivity index (χ1v) is 9.85. The highest BCUT2D eigenvalue weighted by molar-refractivity contribution is 6.32. The van der Waals surface area contributed by atoms with E-state index in [2.05, 4.69) is 20.6 Å². The molecule has 1 saturated heterocycles. The second-order valence-electron chi connectivity index (χ2n) is 7.51. The zero-order valence-electron chi connectivity index (χ0n) is 15.8. The summed E-state index contributed by atoms with van der Waals surface area (Å²) in [5.41, 5.74) is 1.95. The van der Waals surface area contributed by atoms with Crippen molar-refractivity contribution in [2.75, 3.05) is 25.1 Å². The molecule has 1 aromatic carbocycles. The monoisotopic (exact) mass is 428 g/mol. The van der Waals surface area contributed by atoms with Gasteiger partial charge < -0.3 is 25.5 Å². The van der Waals surface area contributed by atoms with Crippen LogP contribution in [0.2, 0.25) is 5.02 Å². The third-order valence-corrected chi connectivity index (χ3v) is 6.04. The van der Waals surface area contributed by atoms with Gasteiger partial charge in [0.2, 0.25) is 0 Å². The summed E-state index contributed by atoms with van der Waals surface area (Å²) >= 11 is 6.04. The number of benzene rings is 1. The average Bonchev–Trinajstić information content (AvgIpc) is 3.36. The average molecular weight is 429 g/mol. The predicted molar refractivity (Wildman–Crippen MR) is 110 cm³/mol. The number of aromatic hydroxyl groups is 1. The number of amides is 1. The number of halogens is 2. The molecule has 154 valence electrons. The molecule has 0 bridgehead atoms. The van der Waals surface area contributed by atoms with Crippen LogP contribution in [0.15, 0.2) is 36.7 Å². The van der Waals surface area contributed by atoms with Gasteiger partial charge in [0.25, 0.3) is 5.91 Å². The lowest BCUT2D eigenvalue weighted by atomic mass is 9.79. The van der Waals surface area contributed by atoms with Crippen molar-refractivity contribution in [3.63, 3.8) is 0 Å². The summed E-state index contributed by atoms with van der Waals surface area (Å²) in [5, 5.41) is 16.6. The number of nitrogens with one attached hydrogen (secondary N) is 3. The Labute approximate surface area is 176 Å². The molecule has 2 aromatic heterocycles. The van der Waals surface area contributed by atoms with Crippen LogP contribution < -0.4 is 10.6 Å². The molecule has 4 heterocycles. The normalized spacial score (nSPS) is 20.3. The molecular weight excluding hydrogens is 411 g/mol. The van der Waals surface area contributed by atoms with Gasteiger partial charge >= 0.3 is 0 Å². The Kier molecular flexibility index (Phi) is 4.41. The molecule has 5 rings (SSSR count). The number of hydrogen-bond donors (Lipinski definition) is 4. The standard InChI is InChI=1S/C21H18ClFN4O3/c22-12-2-1-3-14(18(12)28)26-17-15-19(21(5-7-30-10-21)9-25-20(15)29)27-16(17)11-4-6-24-8-13(11)23/h1-4,6,8,26-28H,5,7,9-10H2,(H,25,29)/t21-/m1/s1. The first-order chi connectivity index (χ1) is 14.5. The van der Waals surface area contributed by atoms with E-state index in [1.54, 1.807) is 18.2 Å². The molecule has 1 spiro atoms. The van der Waals surface area contributed by atoms with Crippen LogP contribution in [0.25, 0.3) is 11.3 Å². The fraction of sp³-hybridized carbons (Fsp3) is 0.238. The largest absolute Gasteiger partial charge is 0.504 e. The van der Waals surface area contributed by atoms with Gasteiger partial charge in [0.05, 0.1) is 45.9 Å². The maximum Gasteiger partial charge on any atom is 0.255 e. The summed E-state index contributed by atoms with van der Waals surface area (Å²) in [7, 11) is 0. The second kappa shape index (κ2) is 7.00. The van der Waals surface area contributed by atoms with Gasteiger partial charge in [0.1, 0.15) is 0 Å². The Morgan fingerprint density at radius 3 is 2.97 bits per heavy atom. The summed E-state index contributed by atoms with van der Waals surface area (Å²) in [6, 6.07) is 6.38. The summed E-state index contributed by atoms with van der Waals surface area (Å²) < 4.78 is 20.3. The zero-order valence-corrected chi connectivity index (χ0v) is 16.5. The van der Waals surface area contributed by atoms with Gasteiger partial charge in [-0.25, -0.2) is 4.39 Å². The minimum Gasteiger partial charge on any atom is -0.504 e. The molecule has 2 aliphatic heterocycles. The maximum atomic E-state index is 14.7. The van der Waals surface area contributed by atoms with E-state index in [4.69, 9.17) is 16.3 Å². The lowest BCUT2D eigenvalue weighted by molar-refractivity contribution is 0.0917. The number of carbonyl (C=O) groups excluding carboxylic acids is 1. The van der Waals surface area contributed by atoms with Crippen molar-refractivity contribution in [3.05, 3.63) is 58.8 Å². The maximum absolute atomic E-state index is 14.7. The van der Waals surface area contributed by atoms with E-state index in [9.17, 15) is 14.3 Å². The van der Waals surface area contributed by atoms with Crippen LogP contribution in [0.1, 0.15) is 22.5 Å². The van der Waals surface area contributed by atoms with Crippen molar-refractivity contribution in [2.24, 2.45) is 0 Å². The minimum absolute atomic E-state index is 0.158. The van der Waals surface area contributed by atoms with Crippen molar-refractivity contribution >= 4 is 28.9 Å². The number of pyridine rings is 1. The van der Waals surface area contributed by atoms with Gasteiger partial charge in [0.15, 0.2) is 11.6 Å². The van der Waals surface area contributed by atoms with Crippen LogP contribution in [0.4, 0.5) is 15.8 Å². The number of carbonyl (C=O) groups is 1. The minimum atomic E-state index is -0.536. The Morgan fingerprint density at radius 1 is 1.33 bits per heavy atom. The number of phenols is 1. The van der Waals surface area contributed by atoms with E-state index in [1.807, 2.05) is 0 Å². The summed E-state index contributed by atoms with van der Waals surface area (Å²) in [4.78, 5) is 20.0. The van der Waals surface area contributed by atoms with Gasteiger partial charge in [-0.1, -0.05) is 17.7 Å². The third-order valence-electron chi connectivity index (χ3n) is 5.74. The van der Waals surface area contributed by atoms with Gasteiger partial charge in [-0.05, 0) is 24.6 Å². The number of phenolic OH excluding ortho intramolecular Hbond substituents is 1. The van der Waals surface area contributed by atoms with Crippen LogP contribution in [0, 0.1) is 5.82 Å². The number of aromatic amines is 1. The SMILES string of the molecule is O=C1NC[C@@]2(CCOC2)c2[nH]c(-c3ccncc3F)c(Nc3cccc(Cl)c3O)c21. The molecule has 4 N–H and O–H groups in total. The number of rotatable bonds is 3. The van der Waals surface area contributed by atoms with E-state index in [-0.39, 0.29) is 22.2 Å². The molecule has 9 heteroatoms. The van der Waals surface area contributed by atoms with E-state index in [0.29, 0.717) is 48.1 Å². The number of anilines is 2. The van der Waals surface area contributed by atoms with Gasteiger partial charge in [0, 0.05) is 30.6 Å². The van der Waals surface area contributed by atoms with Crippen LogP contribution in [-0.4, -0.2) is 40.7 Å². The Bertz CT molecular complexity index is 1160. The second-order valence-corrected chi connectivity index (χ2v) is 7.91. The van der Waals surface area contributed by atoms with E-state index >= 15 is 0 Å². The van der Waals surface area contributed by atoms with Gasteiger partial charge in [-0.3, -0.25) is 9.78 Å². The highest BCUT2D eigenvalue weighted by Gasteiger charge is 2.46. The van der Waals surface area contributed by atoms with Crippen molar-refractivity contribution in [1.29, 1.82) is 0 Å². The van der Waals surface area contributed by atoms with Crippen molar-refractivity contribution in [3.8, 4) is 17.0 Å². The number of H-pyrrole nitrogens is 1. The number of aromatic nitrogens is 2. The van der Waals surface area contributed by atoms with Crippen LogP contribution in [0.5, 0.6) is 5.75 Å². The summed E-state index contributed by atoms with van der Waals surface area (Å²) in [6.07, 6.45) is 3.32. The molecule has 0 saturated carbocycles. The zero-order chi connectivity index (χ0) is 20.9. The van der Waals surface area contributed by atoms with Crippen LogP contribution in [0.3, 0.4) is 0 Å². The fourth-order valence-corrected chi connectivity index (χ4v) is 4.33. The van der Waals surface area contributed by atoms with Crippen molar-refractivity contribution < 1.29 is 19.0 Å². The lowest BCUT2D eigenvalue weighted by Gasteiger charge is -2.32. The molecule has 0 radical (unpaired) electrons. The first kappa shape index (κ1) is 18.9. The highest BCUT2D eigenvalue weighted by atomic mass is 35.5. The fourth-order valence-electron chi connectivity index (χ4n) is 4.15. The molecule has 2 aliphatic rings. The number of ether oxygens (including phenoxy) is 1. The van der Waals surface area contributed by atoms with E-state index in [1.165, 1.54) is 12.3 Å². The molecule has 3 aromatic rings. The molecule has 7 nitrogen and oxygen atoms in total. The van der Waals surface area contributed by atoms with E-state index in [0.717, 1.165) is 12.6 Å². The van der Waals surface area contributed by atoms with Crippen molar-refractivity contribution in [1.82, 2.24) is 15.3 Å². The molecule has 30 heavy (non-hydrogen) atoms. The van der Waals surface area contributed by atoms with Gasteiger partial charge in [-0.2, -0.15) is 0 Å². The first-order valence-electron chi connectivity index (χ1n) is 9.47. The van der Waals surface area contributed by atoms with Crippen LogP contribution >= 0.6 is 11.6 Å². The number of para-hydroxylation sites is 1. The quantitative estimate of drug-likeness (QED) is 0.476. The Morgan fingerprint density at radius 2 is 2.20 bits per heavy atom. The molecule has 1 atom stereocenters. The van der Waals surface area contributed by atoms with Gasteiger partial charge in [-0.15, -0.1) is 0 Å². The molecule has 1 amide bonds. The molecule has 1 fully saturated rings. The topological polar surface area (TPSA) is 99.3 Å². The summed E-state index contributed by atoms with van der Waals surface area (Å²) in [6.45, 7) is 1.45. The molecule has 0 aliphatic carbocycles. The third kappa shape index (κ3) is 2.83. The van der Waals surface area contributed by atoms with E-state index < -0.39 is 11.2 Å². The number of nitrogens with zero attached hydrogens (tertiary/aromatic N) is 1. The summed E-state index contributed by atoms with van der Waals surface area (Å²) in [5.74, 6) is -0.986. The predicted octanol–water partition coefficient (Wildman–Crippen LogP) is 3.72. The smallest absolute Gasteiger partial charge is 0.255 e.